The van der Waals surface area contributed by atoms with E-state index in [1.807, 2.05) is 0 Å². The number of morpholine rings is 1. The van der Waals surface area contributed by atoms with Gasteiger partial charge in [0.05, 0.1) is 24.6 Å². The predicted octanol–water partition coefficient (Wildman–Crippen LogP) is 4.50. The molecule has 1 aromatic rings. The summed E-state index contributed by atoms with van der Waals surface area (Å²) in [5.74, 6) is 1.76. The molecule has 0 bridgehead atoms. The maximum absolute atomic E-state index is 6.13. The molecular weight excluding hydrogens is 430 g/mol. The fraction of sp³-hybridized carbons (Fsp3) is 0.640. The molecule has 33 heavy (non-hydrogen) atoms. The van der Waals surface area contributed by atoms with Gasteiger partial charge in [0.2, 0.25) is 0 Å². The Balaban J connectivity index is 1.57. The van der Waals surface area contributed by atoms with E-state index >= 15 is 0 Å². The molecule has 2 unspecified atom stereocenters. The second-order valence-corrected chi connectivity index (χ2v) is 16.5. The summed E-state index contributed by atoms with van der Waals surface area (Å²) in [6, 6.07) is 3.30. The van der Waals surface area contributed by atoms with Gasteiger partial charge in [0.1, 0.15) is 24.9 Å². The molecule has 0 aromatic carbocycles. The molecule has 1 saturated heterocycles. The summed E-state index contributed by atoms with van der Waals surface area (Å²) in [7, 11) is -1.13. The molecule has 0 spiro atoms. The molecular formula is C25H39N5O2Si. The summed E-state index contributed by atoms with van der Waals surface area (Å²) in [6.07, 6.45) is 9.56. The van der Waals surface area contributed by atoms with E-state index in [9.17, 15) is 0 Å². The predicted molar refractivity (Wildman–Crippen MR) is 136 cm³/mol. The second kappa shape index (κ2) is 10.5. The van der Waals surface area contributed by atoms with Crippen molar-refractivity contribution in [3.05, 3.63) is 41.9 Å². The standard InChI is InChI=1S/C25H39N5O2Si/c1-19(2)14-20-6-7-22-21(15-20)25(30(28-22)18-32-12-13-33(3,4)5)23-16-24(27-17-26-23)29-8-10-31-11-9-29/h6-7,15-17,19,21,25H,8-14,18H2,1-5H3. The molecule has 3 aliphatic rings. The minimum Gasteiger partial charge on any atom is -0.378 e. The number of hydrogen-bond donors (Lipinski definition) is 0. The van der Waals surface area contributed by atoms with Gasteiger partial charge in [0, 0.05) is 39.8 Å². The number of nitrogens with zero attached hydrogens (tertiary/aromatic N) is 5. The van der Waals surface area contributed by atoms with Crippen LogP contribution in [0.15, 0.2) is 41.3 Å². The van der Waals surface area contributed by atoms with Crippen LogP contribution in [0.3, 0.4) is 0 Å². The molecule has 0 radical (unpaired) electrons. The van der Waals surface area contributed by atoms with Crippen molar-refractivity contribution in [1.29, 1.82) is 0 Å². The van der Waals surface area contributed by atoms with Gasteiger partial charge in [-0.05, 0) is 24.5 Å². The van der Waals surface area contributed by atoms with Crippen LogP contribution in [0.2, 0.25) is 25.7 Å². The molecule has 2 atom stereocenters. The third kappa shape index (κ3) is 6.31. The Kier molecular flexibility index (Phi) is 7.66. The fourth-order valence-electron chi connectivity index (χ4n) is 4.50. The minimum atomic E-state index is -1.13. The molecule has 0 N–H and O–H groups in total. The van der Waals surface area contributed by atoms with Crippen molar-refractivity contribution < 1.29 is 9.47 Å². The second-order valence-electron chi connectivity index (χ2n) is 10.9. The van der Waals surface area contributed by atoms with Gasteiger partial charge < -0.3 is 14.4 Å². The number of anilines is 1. The third-order valence-corrected chi connectivity index (χ3v) is 7.99. The highest BCUT2D eigenvalue weighted by Gasteiger charge is 2.39. The van der Waals surface area contributed by atoms with Crippen molar-refractivity contribution in [3.8, 4) is 0 Å². The first-order valence-electron chi connectivity index (χ1n) is 12.3. The summed E-state index contributed by atoms with van der Waals surface area (Å²) in [5, 5.41) is 7.06. The van der Waals surface area contributed by atoms with Crippen LogP contribution < -0.4 is 4.90 Å². The summed E-state index contributed by atoms with van der Waals surface area (Å²) in [5.41, 5.74) is 3.47. The van der Waals surface area contributed by atoms with E-state index < -0.39 is 8.07 Å². The zero-order chi connectivity index (χ0) is 23.4. The highest BCUT2D eigenvalue weighted by atomic mass is 28.3. The lowest BCUT2D eigenvalue weighted by Gasteiger charge is -2.30. The molecule has 180 valence electrons. The van der Waals surface area contributed by atoms with Crippen LogP contribution in [0.25, 0.3) is 0 Å². The lowest BCUT2D eigenvalue weighted by molar-refractivity contribution is 0.0138. The van der Waals surface area contributed by atoms with Crippen LogP contribution in [0, 0.1) is 11.8 Å². The number of rotatable bonds is 9. The highest BCUT2D eigenvalue weighted by molar-refractivity contribution is 6.76. The van der Waals surface area contributed by atoms with Crippen LogP contribution in [0.5, 0.6) is 0 Å². The van der Waals surface area contributed by atoms with Gasteiger partial charge in [-0.2, -0.15) is 5.10 Å². The Hall–Kier alpha value is -2.03. The monoisotopic (exact) mass is 469 g/mol. The van der Waals surface area contributed by atoms with Crippen molar-refractivity contribution >= 4 is 19.6 Å². The molecule has 8 heteroatoms. The van der Waals surface area contributed by atoms with Crippen LogP contribution >= 0.6 is 0 Å². The maximum Gasteiger partial charge on any atom is 0.135 e. The van der Waals surface area contributed by atoms with E-state index in [0.717, 1.165) is 62.6 Å². The largest absolute Gasteiger partial charge is 0.378 e. The Labute approximate surface area is 199 Å². The van der Waals surface area contributed by atoms with Crippen LogP contribution in [0.4, 0.5) is 5.82 Å². The van der Waals surface area contributed by atoms with E-state index in [0.29, 0.717) is 12.6 Å². The highest BCUT2D eigenvalue weighted by Crippen LogP contribution is 2.39. The minimum absolute atomic E-state index is 0.0155. The quantitative estimate of drug-likeness (QED) is 0.392. The normalized spacial score (nSPS) is 23.1. The SMILES string of the molecule is CC(C)CC1=CC2C(=NN(COCC[Si](C)(C)C)C2c2cc(N3CCOCC3)ncn2)C=C1. The van der Waals surface area contributed by atoms with E-state index in [-0.39, 0.29) is 12.0 Å². The van der Waals surface area contributed by atoms with Gasteiger partial charge in [-0.3, -0.25) is 5.01 Å². The van der Waals surface area contributed by atoms with E-state index in [4.69, 9.17) is 19.6 Å². The van der Waals surface area contributed by atoms with Gasteiger partial charge in [-0.15, -0.1) is 0 Å². The average Bonchev–Trinajstić information content (AvgIpc) is 3.14. The first kappa shape index (κ1) is 24.1. The van der Waals surface area contributed by atoms with Crippen molar-refractivity contribution in [2.75, 3.05) is 44.5 Å². The van der Waals surface area contributed by atoms with Gasteiger partial charge >= 0.3 is 0 Å². The van der Waals surface area contributed by atoms with Gasteiger partial charge in [-0.25, -0.2) is 9.97 Å². The third-order valence-electron chi connectivity index (χ3n) is 6.28. The molecule has 1 fully saturated rings. The van der Waals surface area contributed by atoms with Gasteiger partial charge in [-0.1, -0.05) is 51.2 Å². The molecule has 0 amide bonds. The van der Waals surface area contributed by atoms with E-state index in [2.05, 4.69) is 72.7 Å². The summed E-state index contributed by atoms with van der Waals surface area (Å²) >= 11 is 0. The Morgan fingerprint density at radius 3 is 2.67 bits per heavy atom. The Morgan fingerprint density at radius 2 is 1.94 bits per heavy atom. The van der Waals surface area contributed by atoms with Crippen molar-refractivity contribution in [1.82, 2.24) is 15.0 Å². The molecule has 2 aliphatic heterocycles. The molecule has 7 nitrogen and oxygen atoms in total. The van der Waals surface area contributed by atoms with Crippen LogP contribution in [-0.4, -0.2) is 68.4 Å². The van der Waals surface area contributed by atoms with Crippen molar-refractivity contribution in [3.63, 3.8) is 0 Å². The van der Waals surface area contributed by atoms with Gasteiger partial charge in [0.15, 0.2) is 0 Å². The zero-order valence-electron chi connectivity index (χ0n) is 20.8. The Morgan fingerprint density at radius 1 is 1.15 bits per heavy atom. The average molecular weight is 470 g/mol. The maximum atomic E-state index is 6.13. The van der Waals surface area contributed by atoms with Crippen molar-refractivity contribution in [2.24, 2.45) is 16.9 Å². The molecule has 0 saturated carbocycles. The van der Waals surface area contributed by atoms with Crippen LogP contribution in [0.1, 0.15) is 32.0 Å². The first-order valence-corrected chi connectivity index (χ1v) is 16.0. The number of ether oxygens (including phenoxy) is 2. The van der Waals surface area contributed by atoms with Gasteiger partial charge in [0.25, 0.3) is 0 Å². The lowest BCUT2D eigenvalue weighted by atomic mass is 9.85. The first-order chi connectivity index (χ1) is 15.8. The van der Waals surface area contributed by atoms with E-state index in [1.165, 1.54) is 5.57 Å². The molecule has 1 aliphatic carbocycles. The van der Waals surface area contributed by atoms with Crippen molar-refractivity contribution in [2.45, 2.75) is 52.0 Å². The Bertz CT molecular complexity index is 902. The number of hydrazone groups is 1. The number of allylic oxidation sites excluding steroid dienone is 3. The van der Waals surface area contributed by atoms with Crippen LogP contribution in [-0.2, 0) is 9.47 Å². The number of hydrogen-bond acceptors (Lipinski definition) is 7. The smallest absolute Gasteiger partial charge is 0.135 e. The summed E-state index contributed by atoms with van der Waals surface area (Å²) in [4.78, 5) is 11.6. The number of fused-ring (bicyclic) bond motifs is 1. The molecule has 4 rings (SSSR count). The lowest BCUT2D eigenvalue weighted by Crippen LogP contribution is -2.37. The zero-order valence-corrected chi connectivity index (χ0v) is 21.8. The summed E-state index contributed by atoms with van der Waals surface area (Å²) in [6.45, 7) is 16.1. The fourth-order valence-corrected chi connectivity index (χ4v) is 5.26. The topological polar surface area (TPSA) is 63.1 Å². The summed E-state index contributed by atoms with van der Waals surface area (Å²) < 4.78 is 11.6. The van der Waals surface area contributed by atoms with E-state index in [1.54, 1.807) is 6.33 Å². The molecule has 3 heterocycles. The molecule has 1 aromatic heterocycles. The number of aromatic nitrogens is 2.